The first-order valence-electron chi connectivity index (χ1n) is 12.2. The molecule has 2 aliphatic rings. The van der Waals surface area contributed by atoms with E-state index in [1.807, 2.05) is 42.1 Å². The third kappa shape index (κ3) is 6.78. The largest absolute Gasteiger partial charge is 0.332 e. The van der Waals surface area contributed by atoms with E-state index in [0.717, 1.165) is 24.2 Å². The topological polar surface area (TPSA) is 142 Å². The minimum atomic E-state index is -3.83. The molecule has 36 heavy (non-hydrogen) atoms. The van der Waals surface area contributed by atoms with Crippen LogP contribution in [0.2, 0.25) is 0 Å². The summed E-state index contributed by atoms with van der Waals surface area (Å²) >= 11 is 1.85. The molecule has 0 saturated carbocycles. The van der Waals surface area contributed by atoms with Crippen LogP contribution < -0.4 is 26.4 Å². The summed E-state index contributed by atoms with van der Waals surface area (Å²) in [6.45, 7) is 0.178. The highest BCUT2D eigenvalue weighted by molar-refractivity contribution is 8.00. The van der Waals surface area contributed by atoms with Gasteiger partial charge in [-0.15, -0.1) is 0 Å². The van der Waals surface area contributed by atoms with E-state index in [1.54, 1.807) is 18.2 Å². The molecule has 2 unspecified atom stereocenters. The van der Waals surface area contributed by atoms with Crippen molar-refractivity contribution in [1.82, 2.24) is 15.4 Å². The van der Waals surface area contributed by atoms with Crippen LogP contribution in [0.25, 0.3) is 0 Å². The van der Waals surface area contributed by atoms with E-state index < -0.39 is 10.0 Å². The Bertz CT molecular complexity index is 1160. The van der Waals surface area contributed by atoms with Gasteiger partial charge in [0.15, 0.2) is 0 Å². The van der Waals surface area contributed by atoms with Crippen molar-refractivity contribution in [1.29, 1.82) is 0 Å². The number of anilines is 1. The van der Waals surface area contributed by atoms with E-state index in [4.69, 9.17) is 5.73 Å². The van der Waals surface area contributed by atoms with Crippen LogP contribution in [-0.4, -0.2) is 50.0 Å². The van der Waals surface area contributed by atoms with Crippen LogP contribution in [0.1, 0.15) is 43.7 Å². The van der Waals surface area contributed by atoms with E-state index in [9.17, 15) is 18.0 Å². The van der Waals surface area contributed by atoms with Gasteiger partial charge in [0.2, 0.25) is 15.9 Å². The lowest BCUT2D eigenvalue weighted by molar-refractivity contribution is -0.116. The van der Waals surface area contributed by atoms with Gasteiger partial charge in [0.1, 0.15) is 4.90 Å². The number of sulfonamides is 1. The SMILES string of the molecule is N[C@@H](CCNS(=O)(=O)c1ccccc1NC(=O)CCCC[C@H]1SCC2NC(=O)NC21)c1ccccc1. The second-order valence-electron chi connectivity index (χ2n) is 9.12. The summed E-state index contributed by atoms with van der Waals surface area (Å²) in [4.78, 5) is 24.1. The van der Waals surface area contributed by atoms with Crippen molar-refractivity contribution in [2.75, 3.05) is 17.6 Å². The van der Waals surface area contributed by atoms with Gasteiger partial charge in [0.05, 0.1) is 17.8 Å². The number of fused-ring (bicyclic) bond motifs is 1. The maximum atomic E-state index is 12.9. The number of nitrogens with two attached hydrogens (primary N) is 1. The summed E-state index contributed by atoms with van der Waals surface area (Å²) in [5.74, 6) is 0.683. The van der Waals surface area contributed by atoms with Crippen molar-refractivity contribution in [2.24, 2.45) is 5.73 Å². The third-order valence-electron chi connectivity index (χ3n) is 6.51. The van der Waals surface area contributed by atoms with Gasteiger partial charge in [0.25, 0.3) is 0 Å². The number of thioether (sulfide) groups is 1. The molecule has 9 nitrogen and oxygen atoms in total. The zero-order chi connectivity index (χ0) is 25.5. The molecule has 4 rings (SSSR count). The van der Waals surface area contributed by atoms with Gasteiger partial charge in [-0.05, 0) is 37.0 Å². The van der Waals surface area contributed by atoms with Crippen molar-refractivity contribution in [2.45, 2.75) is 60.4 Å². The van der Waals surface area contributed by atoms with E-state index in [1.165, 1.54) is 6.07 Å². The second-order valence-corrected chi connectivity index (χ2v) is 12.1. The normalized spacial score (nSPS) is 21.9. The fourth-order valence-electron chi connectivity index (χ4n) is 4.58. The molecule has 0 bridgehead atoms. The molecule has 194 valence electrons. The summed E-state index contributed by atoms with van der Waals surface area (Å²) in [7, 11) is -3.83. The van der Waals surface area contributed by atoms with Crippen molar-refractivity contribution in [3.63, 3.8) is 0 Å². The van der Waals surface area contributed by atoms with Gasteiger partial charge in [-0.25, -0.2) is 17.9 Å². The Morgan fingerprint density at radius 3 is 2.64 bits per heavy atom. The van der Waals surface area contributed by atoms with Crippen LogP contribution in [-0.2, 0) is 14.8 Å². The Balaban J connectivity index is 1.23. The average molecular weight is 532 g/mol. The lowest BCUT2D eigenvalue weighted by Gasteiger charge is -2.16. The first-order valence-corrected chi connectivity index (χ1v) is 14.7. The van der Waals surface area contributed by atoms with Crippen LogP contribution in [0.3, 0.4) is 0 Å². The molecule has 2 fully saturated rings. The second kappa shape index (κ2) is 12.1. The number of carbonyl (C=O) groups is 2. The molecule has 2 heterocycles. The smallest absolute Gasteiger partial charge is 0.315 e. The molecule has 0 aromatic heterocycles. The zero-order valence-electron chi connectivity index (χ0n) is 20.0. The Labute approximate surface area is 216 Å². The van der Waals surface area contributed by atoms with E-state index in [-0.39, 0.29) is 47.2 Å². The first-order chi connectivity index (χ1) is 17.3. The Kier molecular flexibility index (Phi) is 8.89. The molecule has 0 radical (unpaired) electrons. The number of hydrogen-bond donors (Lipinski definition) is 5. The van der Waals surface area contributed by atoms with Crippen molar-refractivity contribution >= 4 is 39.4 Å². The lowest BCUT2D eigenvalue weighted by Crippen LogP contribution is -2.36. The quantitative estimate of drug-likeness (QED) is 0.211. The van der Waals surface area contributed by atoms with Crippen molar-refractivity contribution in [3.05, 3.63) is 60.2 Å². The standard InChI is InChI=1S/C25H33N5O4S2/c26-18(17-8-2-1-3-9-17)14-15-27-36(33,34)22-12-6-4-10-19(22)28-23(31)13-7-5-11-21-24-20(16-35-21)29-25(32)30-24/h1-4,6,8-10,12,18,20-21,24,27H,5,7,11,13-16,26H2,(H,28,31)(H2,29,30,32)/t18-,20?,21+,24?/m0/s1. The predicted molar refractivity (Wildman–Crippen MR) is 142 cm³/mol. The number of urea groups is 1. The molecule has 2 aliphatic heterocycles. The van der Waals surface area contributed by atoms with Gasteiger partial charge in [-0.1, -0.05) is 48.9 Å². The van der Waals surface area contributed by atoms with Crippen LogP contribution in [0.5, 0.6) is 0 Å². The van der Waals surface area contributed by atoms with Gasteiger partial charge in [-0.3, -0.25) is 4.79 Å². The average Bonchev–Trinajstić information content (AvgIpc) is 3.41. The van der Waals surface area contributed by atoms with Gasteiger partial charge in [0, 0.05) is 30.0 Å². The number of amides is 3. The number of unbranched alkanes of at least 4 members (excludes halogenated alkanes) is 1. The molecular formula is C25H33N5O4S2. The fraction of sp³-hybridized carbons (Fsp3) is 0.440. The fourth-order valence-corrected chi connectivity index (χ4v) is 7.34. The van der Waals surface area contributed by atoms with Crippen molar-refractivity contribution in [3.8, 4) is 0 Å². The van der Waals surface area contributed by atoms with Gasteiger partial charge in [-0.2, -0.15) is 11.8 Å². The highest BCUT2D eigenvalue weighted by Gasteiger charge is 2.42. The zero-order valence-corrected chi connectivity index (χ0v) is 21.6. The molecule has 4 atom stereocenters. The van der Waals surface area contributed by atoms with Crippen LogP contribution in [0.4, 0.5) is 10.5 Å². The summed E-state index contributed by atoms with van der Waals surface area (Å²) in [6, 6.07) is 15.9. The molecule has 2 aromatic carbocycles. The maximum absolute atomic E-state index is 12.9. The minimum Gasteiger partial charge on any atom is -0.332 e. The Morgan fingerprint density at radius 1 is 1.08 bits per heavy atom. The summed E-state index contributed by atoms with van der Waals surface area (Å²) < 4.78 is 28.5. The van der Waals surface area contributed by atoms with E-state index in [2.05, 4.69) is 20.7 Å². The number of carbonyl (C=O) groups excluding carboxylic acids is 2. The van der Waals surface area contributed by atoms with Crippen LogP contribution >= 0.6 is 11.8 Å². The lowest BCUT2D eigenvalue weighted by atomic mass is 10.0. The van der Waals surface area contributed by atoms with E-state index in [0.29, 0.717) is 24.5 Å². The number of nitrogens with one attached hydrogen (secondary N) is 4. The highest BCUT2D eigenvalue weighted by Crippen LogP contribution is 2.33. The third-order valence-corrected chi connectivity index (χ3v) is 9.53. The van der Waals surface area contributed by atoms with Crippen LogP contribution in [0, 0.1) is 0 Å². The summed E-state index contributed by atoms with van der Waals surface area (Å²) in [6.07, 6.45) is 3.20. The monoisotopic (exact) mass is 531 g/mol. The highest BCUT2D eigenvalue weighted by atomic mass is 32.2. The molecule has 11 heteroatoms. The maximum Gasteiger partial charge on any atom is 0.315 e. The van der Waals surface area contributed by atoms with Crippen LogP contribution in [0.15, 0.2) is 59.5 Å². The molecule has 3 amide bonds. The van der Waals surface area contributed by atoms with Crippen molar-refractivity contribution < 1.29 is 18.0 Å². The number of para-hydroxylation sites is 1. The molecule has 0 aliphatic carbocycles. The number of hydrogen-bond acceptors (Lipinski definition) is 6. The van der Waals surface area contributed by atoms with Gasteiger partial charge < -0.3 is 21.7 Å². The summed E-state index contributed by atoms with van der Waals surface area (Å²) in [5.41, 5.74) is 7.38. The number of rotatable bonds is 12. The Hall–Kier alpha value is -2.60. The van der Waals surface area contributed by atoms with Gasteiger partial charge >= 0.3 is 6.03 Å². The Morgan fingerprint density at radius 2 is 1.83 bits per heavy atom. The molecular weight excluding hydrogens is 498 g/mol. The molecule has 6 N–H and O–H groups in total. The summed E-state index contributed by atoms with van der Waals surface area (Å²) in [5, 5.41) is 9.02. The van der Waals surface area contributed by atoms with E-state index >= 15 is 0 Å². The number of benzene rings is 2. The predicted octanol–water partition coefficient (Wildman–Crippen LogP) is 2.72. The molecule has 2 aromatic rings. The minimum absolute atomic E-state index is 0.0319. The molecule has 2 saturated heterocycles. The first kappa shape index (κ1) is 26.5. The molecule has 0 spiro atoms.